The number of aryl methyl sites for hydroxylation is 1. The van der Waals surface area contributed by atoms with Gasteiger partial charge >= 0.3 is 0 Å². The van der Waals surface area contributed by atoms with Crippen molar-refractivity contribution in [2.75, 3.05) is 0 Å². The first-order valence-corrected chi connectivity index (χ1v) is 7.60. The minimum Gasteiger partial charge on any atom is -0.374 e. The number of imidazole rings is 1. The first-order valence-electron chi connectivity index (χ1n) is 7.19. The quantitative estimate of drug-likeness (QED) is 0.748. The van der Waals surface area contributed by atoms with Crippen LogP contribution in [0.15, 0.2) is 48.7 Å². The normalized spacial score (nSPS) is 11.8. The lowest BCUT2D eigenvalue weighted by Gasteiger charge is -2.13. The predicted octanol–water partition coefficient (Wildman–Crippen LogP) is 2.69. The lowest BCUT2D eigenvalue weighted by molar-refractivity contribution is 0.802. The van der Waals surface area contributed by atoms with Crippen LogP contribution < -0.4 is 5.32 Å². The Hall–Kier alpha value is -2.78. The van der Waals surface area contributed by atoms with Gasteiger partial charge < -0.3 is 9.88 Å². The van der Waals surface area contributed by atoms with Crippen molar-refractivity contribution in [3.8, 4) is 6.07 Å². The van der Waals surface area contributed by atoms with Crippen LogP contribution in [-0.4, -0.2) is 19.5 Å². The highest BCUT2D eigenvalue weighted by Gasteiger charge is 2.23. The summed E-state index contributed by atoms with van der Waals surface area (Å²) in [6, 6.07) is 15.9. The molecule has 0 fully saturated rings. The largest absolute Gasteiger partial charge is 0.374 e. The van der Waals surface area contributed by atoms with Gasteiger partial charge in [-0.2, -0.15) is 5.26 Å². The standard InChI is InChI=1S/C17H15N5S/c1-22-15(21-14-8-5-9-19-16(14)22)13(10-18)17(23)20-11-12-6-3-2-4-7-12/h2-9,13H,11H2,1H3,(H,20,23)/t13-/m0/s1. The van der Waals surface area contributed by atoms with Crippen LogP contribution in [0, 0.1) is 11.3 Å². The number of rotatable bonds is 4. The first-order chi connectivity index (χ1) is 11.2. The molecule has 1 aromatic carbocycles. The Bertz CT molecular complexity index is 879. The van der Waals surface area contributed by atoms with Crippen LogP contribution >= 0.6 is 12.2 Å². The van der Waals surface area contributed by atoms with Gasteiger partial charge in [0.25, 0.3) is 0 Å². The minimum atomic E-state index is -0.604. The summed E-state index contributed by atoms with van der Waals surface area (Å²) in [6.45, 7) is 0.583. The fraction of sp³-hybridized carbons (Fsp3) is 0.176. The molecule has 0 spiro atoms. The molecule has 114 valence electrons. The lowest BCUT2D eigenvalue weighted by Crippen LogP contribution is -2.28. The summed E-state index contributed by atoms with van der Waals surface area (Å²) >= 11 is 5.41. The molecule has 0 unspecified atom stereocenters. The van der Waals surface area contributed by atoms with E-state index in [0.717, 1.165) is 16.7 Å². The Morgan fingerprint density at radius 2 is 2.09 bits per heavy atom. The molecule has 5 nitrogen and oxygen atoms in total. The molecule has 1 N–H and O–H groups in total. The van der Waals surface area contributed by atoms with Gasteiger partial charge in [-0.1, -0.05) is 42.5 Å². The van der Waals surface area contributed by atoms with Gasteiger partial charge in [-0.25, -0.2) is 9.97 Å². The number of thiocarbonyl (C=S) groups is 1. The highest BCUT2D eigenvalue weighted by Crippen LogP contribution is 2.20. The van der Waals surface area contributed by atoms with E-state index in [4.69, 9.17) is 12.2 Å². The summed E-state index contributed by atoms with van der Waals surface area (Å²) in [5.41, 5.74) is 2.61. The van der Waals surface area contributed by atoms with E-state index >= 15 is 0 Å². The summed E-state index contributed by atoms with van der Waals surface area (Å²) in [4.78, 5) is 9.28. The van der Waals surface area contributed by atoms with E-state index in [2.05, 4.69) is 21.4 Å². The number of hydrogen-bond acceptors (Lipinski definition) is 4. The molecule has 0 saturated heterocycles. The molecule has 0 bridgehead atoms. The van der Waals surface area contributed by atoms with Crippen LogP contribution in [0.25, 0.3) is 11.2 Å². The van der Waals surface area contributed by atoms with Gasteiger partial charge in [-0.15, -0.1) is 0 Å². The number of aromatic nitrogens is 3. The van der Waals surface area contributed by atoms with Crippen molar-refractivity contribution in [2.24, 2.45) is 7.05 Å². The first kappa shape index (κ1) is 15.1. The van der Waals surface area contributed by atoms with Crippen molar-refractivity contribution in [1.82, 2.24) is 19.9 Å². The summed E-state index contributed by atoms with van der Waals surface area (Å²) in [5.74, 6) is -0.000302. The molecule has 0 aliphatic heterocycles. The number of benzene rings is 1. The molecule has 2 aromatic heterocycles. The Morgan fingerprint density at radius 1 is 1.30 bits per heavy atom. The average molecular weight is 321 g/mol. The molecular weight excluding hydrogens is 306 g/mol. The van der Waals surface area contributed by atoms with Gasteiger partial charge in [0.15, 0.2) is 11.6 Å². The van der Waals surface area contributed by atoms with Crippen molar-refractivity contribution >= 4 is 28.4 Å². The maximum Gasteiger partial charge on any atom is 0.159 e. The number of fused-ring (bicyclic) bond motifs is 1. The molecule has 0 aliphatic rings. The van der Waals surface area contributed by atoms with Crippen molar-refractivity contribution in [3.05, 3.63) is 60.0 Å². The third kappa shape index (κ3) is 3.05. The van der Waals surface area contributed by atoms with Crippen LogP contribution in [-0.2, 0) is 13.6 Å². The summed E-state index contributed by atoms with van der Waals surface area (Å²) in [7, 11) is 1.85. The highest BCUT2D eigenvalue weighted by molar-refractivity contribution is 7.80. The SMILES string of the molecule is Cn1c([C@H](C#N)C(=S)NCc2ccccc2)nc2cccnc21. The van der Waals surface area contributed by atoms with E-state index in [1.165, 1.54) is 0 Å². The molecule has 0 radical (unpaired) electrons. The molecule has 0 saturated carbocycles. The van der Waals surface area contributed by atoms with Crippen LogP contribution in [0.5, 0.6) is 0 Å². The molecule has 2 heterocycles. The van der Waals surface area contributed by atoms with Crippen LogP contribution in [0.4, 0.5) is 0 Å². The highest BCUT2D eigenvalue weighted by atomic mass is 32.1. The van der Waals surface area contributed by atoms with Gasteiger partial charge in [0.1, 0.15) is 16.3 Å². The molecule has 3 aromatic rings. The molecule has 0 amide bonds. The number of nitrogens with zero attached hydrogens (tertiary/aromatic N) is 4. The van der Waals surface area contributed by atoms with Gasteiger partial charge in [-0.3, -0.25) is 0 Å². The molecule has 1 atom stereocenters. The van der Waals surface area contributed by atoms with Crippen molar-refractivity contribution in [3.63, 3.8) is 0 Å². The fourth-order valence-corrected chi connectivity index (χ4v) is 2.65. The third-order valence-electron chi connectivity index (χ3n) is 3.62. The second kappa shape index (κ2) is 6.55. The zero-order valence-electron chi connectivity index (χ0n) is 12.6. The van der Waals surface area contributed by atoms with E-state index in [1.54, 1.807) is 6.20 Å². The van der Waals surface area contributed by atoms with Crippen molar-refractivity contribution < 1.29 is 0 Å². The molecule has 23 heavy (non-hydrogen) atoms. The monoisotopic (exact) mass is 321 g/mol. The topological polar surface area (TPSA) is 66.5 Å². The van der Waals surface area contributed by atoms with Crippen molar-refractivity contribution in [1.29, 1.82) is 5.26 Å². The van der Waals surface area contributed by atoms with E-state index in [0.29, 0.717) is 17.4 Å². The minimum absolute atomic E-state index is 0.467. The Balaban J connectivity index is 1.82. The smallest absolute Gasteiger partial charge is 0.159 e. The zero-order chi connectivity index (χ0) is 16.2. The fourth-order valence-electron chi connectivity index (χ4n) is 2.42. The zero-order valence-corrected chi connectivity index (χ0v) is 13.4. The van der Waals surface area contributed by atoms with Crippen LogP contribution in [0.2, 0.25) is 0 Å². The average Bonchev–Trinajstić information content (AvgIpc) is 2.92. The number of hydrogen-bond donors (Lipinski definition) is 1. The van der Waals surface area contributed by atoms with Gasteiger partial charge in [-0.05, 0) is 17.7 Å². The molecule has 3 rings (SSSR count). The maximum atomic E-state index is 9.55. The van der Waals surface area contributed by atoms with E-state index in [9.17, 15) is 5.26 Å². The molecule has 0 aliphatic carbocycles. The van der Waals surface area contributed by atoms with Crippen molar-refractivity contribution in [2.45, 2.75) is 12.5 Å². The Labute approximate surface area is 139 Å². The van der Waals surface area contributed by atoms with Gasteiger partial charge in [0.2, 0.25) is 0 Å². The molecular formula is C17H15N5S. The molecule has 6 heteroatoms. The van der Waals surface area contributed by atoms with Gasteiger partial charge in [0, 0.05) is 19.8 Å². The summed E-state index contributed by atoms with van der Waals surface area (Å²) < 4.78 is 1.82. The van der Waals surface area contributed by atoms with E-state index < -0.39 is 5.92 Å². The number of nitrogens with one attached hydrogen (secondary N) is 1. The Kier molecular flexibility index (Phi) is 4.31. The summed E-state index contributed by atoms with van der Waals surface area (Å²) in [6.07, 6.45) is 1.71. The number of nitriles is 1. The second-order valence-electron chi connectivity index (χ2n) is 5.14. The third-order valence-corrected chi connectivity index (χ3v) is 4.00. The predicted molar refractivity (Wildman–Crippen MR) is 92.7 cm³/mol. The maximum absolute atomic E-state index is 9.55. The number of pyridine rings is 1. The van der Waals surface area contributed by atoms with E-state index in [1.807, 2.05) is 54.1 Å². The summed E-state index contributed by atoms with van der Waals surface area (Å²) in [5, 5.41) is 12.7. The Morgan fingerprint density at radius 3 is 2.78 bits per heavy atom. The van der Waals surface area contributed by atoms with E-state index in [-0.39, 0.29) is 0 Å². The second-order valence-corrected chi connectivity index (χ2v) is 5.58. The van der Waals surface area contributed by atoms with Crippen LogP contribution in [0.3, 0.4) is 0 Å². The van der Waals surface area contributed by atoms with Crippen LogP contribution in [0.1, 0.15) is 17.3 Å². The van der Waals surface area contributed by atoms with Gasteiger partial charge in [0.05, 0.1) is 6.07 Å². The lowest BCUT2D eigenvalue weighted by atomic mass is 10.1.